The SMILES string of the molecule is CCOC1C(O)=CC2=C(C3C(=C4CCC(=O)c5c(O)ccc3c54)C=C2)C1OC. The van der Waals surface area contributed by atoms with Gasteiger partial charge in [0.05, 0.1) is 5.56 Å². The Morgan fingerprint density at radius 1 is 1.11 bits per heavy atom. The van der Waals surface area contributed by atoms with Crippen molar-refractivity contribution in [2.75, 3.05) is 13.7 Å². The number of fused-ring (bicyclic) bond motifs is 3. The van der Waals surface area contributed by atoms with Gasteiger partial charge < -0.3 is 19.7 Å². The number of allylic oxidation sites excluding steroid dienone is 6. The second-order valence-corrected chi connectivity index (χ2v) is 7.56. The van der Waals surface area contributed by atoms with Crippen LogP contribution in [0.1, 0.15) is 47.2 Å². The van der Waals surface area contributed by atoms with Crippen LogP contribution >= 0.6 is 0 Å². The number of hydrogen-bond acceptors (Lipinski definition) is 5. The zero-order valence-corrected chi connectivity index (χ0v) is 15.9. The third-order valence-corrected chi connectivity index (χ3v) is 6.23. The summed E-state index contributed by atoms with van der Waals surface area (Å²) in [6.07, 6.45) is 5.93. The van der Waals surface area contributed by atoms with Crippen molar-refractivity contribution < 1.29 is 24.5 Å². The quantitative estimate of drug-likeness (QED) is 0.833. The molecule has 0 aliphatic heterocycles. The van der Waals surface area contributed by atoms with Crippen LogP contribution in [0.3, 0.4) is 0 Å². The molecule has 2 N–H and O–H groups in total. The summed E-state index contributed by atoms with van der Waals surface area (Å²) in [6, 6.07) is 3.53. The van der Waals surface area contributed by atoms with Gasteiger partial charge in [0, 0.05) is 26.1 Å². The molecule has 0 aromatic heterocycles. The number of carbonyl (C=O) groups excluding carboxylic acids is 1. The topological polar surface area (TPSA) is 76.0 Å². The molecule has 4 aliphatic carbocycles. The van der Waals surface area contributed by atoms with Gasteiger partial charge in [-0.15, -0.1) is 0 Å². The molecule has 1 aromatic carbocycles. The molecule has 0 amide bonds. The number of aromatic hydroxyl groups is 1. The van der Waals surface area contributed by atoms with Crippen LogP contribution in [0.5, 0.6) is 5.75 Å². The number of ether oxygens (including phenoxy) is 2. The molecule has 0 radical (unpaired) electrons. The van der Waals surface area contributed by atoms with Crippen LogP contribution in [-0.2, 0) is 9.47 Å². The van der Waals surface area contributed by atoms with Crippen LogP contribution < -0.4 is 0 Å². The predicted octanol–water partition coefficient (Wildman–Crippen LogP) is 3.96. The fourth-order valence-corrected chi connectivity index (χ4v) is 5.17. The molecule has 5 nitrogen and oxygen atoms in total. The van der Waals surface area contributed by atoms with Crippen molar-refractivity contribution in [2.45, 2.75) is 37.9 Å². The van der Waals surface area contributed by atoms with E-state index in [1.165, 1.54) is 0 Å². The number of phenols is 1. The first kappa shape index (κ1) is 17.5. The van der Waals surface area contributed by atoms with E-state index in [2.05, 4.69) is 6.08 Å². The molecule has 4 aliphatic rings. The van der Waals surface area contributed by atoms with Gasteiger partial charge in [-0.05, 0) is 58.9 Å². The molecule has 1 aromatic rings. The van der Waals surface area contributed by atoms with Gasteiger partial charge >= 0.3 is 0 Å². The third-order valence-electron chi connectivity index (χ3n) is 6.23. The van der Waals surface area contributed by atoms with Gasteiger partial charge in [0.25, 0.3) is 0 Å². The summed E-state index contributed by atoms with van der Waals surface area (Å²) in [5.41, 5.74) is 6.60. The van der Waals surface area contributed by atoms with Crippen LogP contribution in [0, 0.1) is 0 Å². The third kappa shape index (κ3) is 2.17. The highest BCUT2D eigenvalue weighted by Gasteiger charge is 2.46. The van der Waals surface area contributed by atoms with E-state index in [0.29, 0.717) is 25.0 Å². The Hall–Kier alpha value is -2.63. The second kappa shape index (κ2) is 6.19. The van der Waals surface area contributed by atoms with Crippen molar-refractivity contribution in [3.63, 3.8) is 0 Å². The first-order chi connectivity index (χ1) is 13.6. The smallest absolute Gasteiger partial charge is 0.167 e. The van der Waals surface area contributed by atoms with E-state index >= 15 is 0 Å². The number of phenolic OH excluding ortho intramolecular Hbond substituents is 1. The number of Topliss-reactive ketones (excluding diaryl/α,β-unsaturated/α-hetero) is 1. The monoisotopic (exact) mass is 378 g/mol. The molecule has 0 bridgehead atoms. The van der Waals surface area contributed by atoms with Gasteiger partial charge in [0.1, 0.15) is 23.7 Å². The van der Waals surface area contributed by atoms with Crippen molar-refractivity contribution in [1.29, 1.82) is 0 Å². The maximum atomic E-state index is 12.5. The van der Waals surface area contributed by atoms with Crippen molar-refractivity contribution in [2.24, 2.45) is 0 Å². The Balaban J connectivity index is 1.75. The molecule has 0 spiro atoms. The molecular formula is C23H22O5. The molecule has 0 fully saturated rings. The lowest BCUT2D eigenvalue weighted by Gasteiger charge is -2.37. The number of carbonyl (C=O) groups is 1. The van der Waals surface area contributed by atoms with Crippen LogP contribution in [0.4, 0.5) is 0 Å². The summed E-state index contributed by atoms with van der Waals surface area (Å²) in [5, 5.41) is 20.8. The Morgan fingerprint density at radius 2 is 1.93 bits per heavy atom. The van der Waals surface area contributed by atoms with Crippen LogP contribution in [-0.4, -0.2) is 41.9 Å². The molecular weight excluding hydrogens is 356 g/mol. The van der Waals surface area contributed by atoms with Crippen molar-refractivity contribution >= 4 is 11.4 Å². The summed E-state index contributed by atoms with van der Waals surface area (Å²) >= 11 is 0. The number of hydrogen-bond donors (Lipinski definition) is 2. The highest BCUT2D eigenvalue weighted by atomic mass is 16.5. The lowest BCUT2D eigenvalue weighted by Crippen LogP contribution is -2.39. The molecule has 3 atom stereocenters. The molecule has 0 saturated carbocycles. The average Bonchev–Trinajstić information content (AvgIpc) is 3.01. The number of ketones is 1. The molecule has 144 valence electrons. The molecule has 3 unspecified atom stereocenters. The van der Waals surface area contributed by atoms with E-state index in [0.717, 1.165) is 33.4 Å². The Morgan fingerprint density at radius 3 is 2.68 bits per heavy atom. The molecule has 5 heteroatoms. The fraction of sp³-hybridized carbons (Fsp3) is 0.348. The van der Waals surface area contributed by atoms with E-state index in [9.17, 15) is 15.0 Å². The normalized spacial score (nSPS) is 27.6. The van der Waals surface area contributed by atoms with Crippen molar-refractivity contribution in [3.8, 4) is 5.75 Å². The minimum absolute atomic E-state index is 0.00722. The summed E-state index contributed by atoms with van der Waals surface area (Å²) < 4.78 is 11.6. The highest BCUT2D eigenvalue weighted by molar-refractivity contribution is 6.09. The summed E-state index contributed by atoms with van der Waals surface area (Å²) in [7, 11) is 1.63. The summed E-state index contributed by atoms with van der Waals surface area (Å²) in [5.74, 6) is 0.142. The van der Waals surface area contributed by atoms with Crippen LogP contribution in [0.15, 0.2) is 52.8 Å². The standard InChI is InChI=1S/C23H22O5/c1-3-28-22-17(26)10-11-4-5-12-13-6-8-15(24)21-16(25)9-7-14(20(13)21)19(12)18(11)23(22)27-2/h4-5,7,9-10,19,22-23,25-26H,3,6,8H2,1-2H3. The van der Waals surface area contributed by atoms with Crippen LogP contribution in [0.25, 0.3) is 5.57 Å². The second-order valence-electron chi connectivity index (χ2n) is 7.56. The Labute approximate surface area is 163 Å². The minimum Gasteiger partial charge on any atom is -0.509 e. The fourth-order valence-electron chi connectivity index (χ4n) is 5.17. The zero-order chi connectivity index (χ0) is 19.6. The molecule has 28 heavy (non-hydrogen) atoms. The van der Waals surface area contributed by atoms with Gasteiger partial charge in [-0.25, -0.2) is 0 Å². The van der Waals surface area contributed by atoms with Crippen LogP contribution in [0.2, 0.25) is 0 Å². The van der Waals surface area contributed by atoms with E-state index in [1.54, 1.807) is 19.3 Å². The zero-order valence-electron chi connectivity index (χ0n) is 15.9. The predicted molar refractivity (Wildman–Crippen MR) is 104 cm³/mol. The molecule has 0 saturated heterocycles. The van der Waals surface area contributed by atoms with E-state index < -0.39 is 12.2 Å². The van der Waals surface area contributed by atoms with Crippen molar-refractivity contribution in [1.82, 2.24) is 0 Å². The first-order valence-corrected chi connectivity index (χ1v) is 9.66. The first-order valence-electron chi connectivity index (χ1n) is 9.66. The molecule has 5 rings (SSSR count). The Kier molecular flexibility index (Phi) is 3.86. The van der Waals surface area contributed by atoms with Crippen molar-refractivity contribution in [3.05, 3.63) is 69.5 Å². The maximum absolute atomic E-state index is 12.5. The summed E-state index contributed by atoms with van der Waals surface area (Å²) in [4.78, 5) is 12.5. The number of aliphatic hydroxyl groups excluding tert-OH is 1. The lowest BCUT2D eigenvalue weighted by molar-refractivity contribution is -0.0381. The van der Waals surface area contributed by atoms with Gasteiger partial charge in [-0.1, -0.05) is 18.2 Å². The summed E-state index contributed by atoms with van der Waals surface area (Å²) in [6.45, 7) is 2.35. The minimum atomic E-state index is -0.558. The Bertz CT molecular complexity index is 1020. The average molecular weight is 378 g/mol. The number of methoxy groups -OCH3 is 1. The largest absolute Gasteiger partial charge is 0.509 e. The number of rotatable bonds is 3. The number of benzene rings is 1. The van der Waals surface area contributed by atoms with E-state index in [1.807, 2.05) is 19.1 Å². The molecule has 0 heterocycles. The highest BCUT2D eigenvalue weighted by Crippen LogP contribution is 2.56. The van der Waals surface area contributed by atoms with E-state index in [-0.39, 0.29) is 23.2 Å². The lowest BCUT2D eigenvalue weighted by atomic mass is 9.75. The van der Waals surface area contributed by atoms with Gasteiger partial charge in [-0.2, -0.15) is 0 Å². The van der Waals surface area contributed by atoms with Gasteiger partial charge in [0.15, 0.2) is 5.78 Å². The van der Waals surface area contributed by atoms with Gasteiger partial charge in [0.2, 0.25) is 0 Å². The maximum Gasteiger partial charge on any atom is 0.167 e. The van der Waals surface area contributed by atoms with E-state index in [4.69, 9.17) is 9.47 Å². The van der Waals surface area contributed by atoms with Gasteiger partial charge in [-0.3, -0.25) is 4.79 Å². The number of aliphatic hydroxyl groups is 1.